The average Bonchev–Trinajstić information content (AvgIpc) is 2.21. The summed E-state index contributed by atoms with van der Waals surface area (Å²) in [5, 5.41) is 0. The molecule has 2 nitrogen and oxygen atoms in total. The van der Waals surface area contributed by atoms with E-state index in [1.165, 1.54) is 0 Å². The van der Waals surface area contributed by atoms with Crippen LogP contribution in [-0.4, -0.2) is 5.91 Å². The van der Waals surface area contributed by atoms with E-state index in [9.17, 15) is 4.79 Å². The van der Waals surface area contributed by atoms with E-state index in [-0.39, 0.29) is 23.7 Å². The predicted octanol–water partition coefficient (Wildman–Crippen LogP) is 0.694. The van der Waals surface area contributed by atoms with Gasteiger partial charge >= 0.3 is 0 Å². The quantitative estimate of drug-likeness (QED) is 0.565. The van der Waals surface area contributed by atoms with E-state index in [2.05, 4.69) is 0 Å². The number of halogens is 1. The fourth-order valence-electron chi connectivity index (χ4n) is 0.434. The third-order valence-electron chi connectivity index (χ3n) is 1.59. The van der Waals surface area contributed by atoms with E-state index in [1.807, 2.05) is 6.92 Å². The molecule has 48 valence electrons. The standard InChI is InChI=1S/C5H9NO.ClH/c1-5(2-3-5)4(6)7;/h2-3H2,1H3,(H2,6,7);1H. The van der Waals surface area contributed by atoms with Crippen LogP contribution in [0.15, 0.2) is 0 Å². The third-order valence-corrected chi connectivity index (χ3v) is 1.59. The van der Waals surface area contributed by atoms with Crippen molar-refractivity contribution in [3.63, 3.8) is 0 Å². The van der Waals surface area contributed by atoms with Crippen LogP contribution in [0.25, 0.3) is 0 Å². The van der Waals surface area contributed by atoms with Crippen LogP contribution in [0.5, 0.6) is 0 Å². The highest BCUT2D eigenvalue weighted by Gasteiger charge is 2.43. The molecule has 1 aliphatic carbocycles. The summed E-state index contributed by atoms with van der Waals surface area (Å²) in [5.41, 5.74) is 4.88. The van der Waals surface area contributed by atoms with Gasteiger partial charge in [-0.05, 0) is 12.8 Å². The lowest BCUT2D eigenvalue weighted by Gasteiger charge is -1.96. The van der Waals surface area contributed by atoms with E-state index in [4.69, 9.17) is 5.73 Å². The second-order valence-electron chi connectivity index (χ2n) is 2.42. The Labute approximate surface area is 54.8 Å². The van der Waals surface area contributed by atoms with Crippen molar-refractivity contribution in [2.75, 3.05) is 0 Å². The van der Waals surface area contributed by atoms with Crippen molar-refractivity contribution in [1.82, 2.24) is 0 Å². The van der Waals surface area contributed by atoms with Gasteiger partial charge < -0.3 is 5.73 Å². The minimum atomic E-state index is -0.146. The van der Waals surface area contributed by atoms with Crippen LogP contribution in [0.4, 0.5) is 0 Å². The van der Waals surface area contributed by atoms with E-state index < -0.39 is 0 Å². The molecular weight excluding hydrogens is 126 g/mol. The first kappa shape index (κ1) is 7.76. The van der Waals surface area contributed by atoms with Crippen LogP contribution in [-0.2, 0) is 4.79 Å². The number of hydrogen-bond acceptors (Lipinski definition) is 1. The van der Waals surface area contributed by atoms with Gasteiger partial charge in [0.2, 0.25) is 5.91 Å². The van der Waals surface area contributed by atoms with Gasteiger partial charge in [0, 0.05) is 5.41 Å². The maximum Gasteiger partial charge on any atom is 0.223 e. The van der Waals surface area contributed by atoms with Crippen molar-refractivity contribution in [2.45, 2.75) is 19.8 Å². The molecule has 1 fully saturated rings. The maximum atomic E-state index is 10.3. The number of rotatable bonds is 1. The number of primary amides is 1. The first-order valence-corrected chi connectivity index (χ1v) is 2.45. The summed E-state index contributed by atoms with van der Waals surface area (Å²) in [6.45, 7) is 1.90. The van der Waals surface area contributed by atoms with Crippen molar-refractivity contribution in [3.05, 3.63) is 0 Å². The number of amides is 1. The summed E-state index contributed by atoms with van der Waals surface area (Å²) in [5.74, 6) is -0.146. The summed E-state index contributed by atoms with van der Waals surface area (Å²) in [7, 11) is 0. The van der Waals surface area contributed by atoms with Gasteiger partial charge in [-0.2, -0.15) is 0 Å². The Morgan fingerprint density at radius 3 is 2.00 bits per heavy atom. The summed E-state index contributed by atoms with van der Waals surface area (Å²) < 4.78 is 0. The first-order chi connectivity index (χ1) is 3.15. The number of hydrogen-bond donors (Lipinski definition) is 1. The normalized spacial score (nSPS) is 21.1. The molecule has 0 spiro atoms. The highest BCUT2D eigenvalue weighted by atomic mass is 35.5. The van der Waals surface area contributed by atoms with Gasteiger partial charge in [0.05, 0.1) is 0 Å². The lowest BCUT2D eigenvalue weighted by Crippen LogP contribution is -2.21. The van der Waals surface area contributed by atoms with Gasteiger partial charge in [-0.25, -0.2) is 0 Å². The van der Waals surface area contributed by atoms with Crippen LogP contribution in [0.2, 0.25) is 0 Å². The van der Waals surface area contributed by atoms with Gasteiger partial charge in [-0.15, -0.1) is 12.4 Å². The lowest BCUT2D eigenvalue weighted by molar-refractivity contribution is -0.122. The van der Waals surface area contributed by atoms with E-state index in [0.717, 1.165) is 12.8 Å². The molecule has 1 amide bonds. The summed E-state index contributed by atoms with van der Waals surface area (Å²) in [4.78, 5) is 10.3. The van der Waals surface area contributed by atoms with Crippen molar-refractivity contribution in [2.24, 2.45) is 11.1 Å². The van der Waals surface area contributed by atoms with Gasteiger partial charge in [-0.3, -0.25) is 4.79 Å². The zero-order chi connectivity index (χ0) is 5.49. The molecule has 1 saturated carbocycles. The first-order valence-electron chi connectivity index (χ1n) is 2.45. The van der Waals surface area contributed by atoms with Crippen molar-refractivity contribution in [3.8, 4) is 0 Å². The largest absolute Gasteiger partial charge is 0.369 e. The molecule has 0 heterocycles. The van der Waals surface area contributed by atoms with Gasteiger partial charge in [0.15, 0.2) is 0 Å². The second kappa shape index (κ2) is 1.94. The minimum absolute atomic E-state index is 0. The molecule has 0 atom stereocenters. The Balaban J connectivity index is 0.000000490. The molecular formula is C5H10ClNO. The highest BCUT2D eigenvalue weighted by molar-refractivity contribution is 5.85. The smallest absolute Gasteiger partial charge is 0.223 e. The number of nitrogens with two attached hydrogens (primary N) is 1. The Kier molecular flexibility index (Phi) is 1.88. The molecule has 0 aromatic rings. The zero-order valence-electron chi connectivity index (χ0n) is 4.81. The Morgan fingerprint density at radius 1 is 1.62 bits per heavy atom. The van der Waals surface area contributed by atoms with Gasteiger partial charge in [-0.1, -0.05) is 6.92 Å². The topological polar surface area (TPSA) is 43.1 Å². The lowest BCUT2D eigenvalue weighted by atomic mass is 10.1. The molecule has 1 rings (SSSR count). The van der Waals surface area contributed by atoms with E-state index >= 15 is 0 Å². The number of carbonyl (C=O) groups excluding carboxylic acids is 1. The SMILES string of the molecule is CC1(C(N)=O)CC1.Cl. The second-order valence-corrected chi connectivity index (χ2v) is 2.42. The predicted molar refractivity (Wildman–Crippen MR) is 33.8 cm³/mol. The van der Waals surface area contributed by atoms with E-state index in [0.29, 0.717) is 0 Å². The average molecular weight is 136 g/mol. The van der Waals surface area contributed by atoms with Crippen LogP contribution in [0.1, 0.15) is 19.8 Å². The molecule has 8 heavy (non-hydrogen) atoms. The summed E-state index contributed by atoms with van der Waals surface area (Å²) in [6.07, 6.45) is 1.98. The van der Waals surface area contributed by atoms with Gasteiger partial charge in [0.25, 0.3) is 0 Å². The minimum Gasteiger partial charge on any atom is -0.369 e. The fraction of sp³-hybridized carbons (Fsp3) is 0.800. The van der Waals surface area contributed by atoms with Crippen molar-refractivity contribution < 1.29 is 4.79 Å². The summed E-state index contributed by atoms with van der Waals surface area (Å²) >= 11 is 0. The molecule has 0 aromatic heterocycles. The molecule has 0 saturated heterocycles. The Hall–Kier alpha value is -0.240. The third kappa shape index (κ3) is 1.13. The van der Waals surface area contributed by atoms with Crippen LogP contribution in [0.3, 0.4) is 0 Å². The van der Waals surface area contributed by atoms with E-state index in [1.54, 1.807) is 0 Å². The van der Waals surface area contributed by atoms with Crippen molar-refractivity contribution >= 4 is 18.3 Å². The zero-order valence-corrected chi connectivity index (χ0v) is 5.62. The molecule has 0 aromatic carbocycles. The summed E-state index contributed by atoms with van der Waals surface area (Å²) in [6, 6.07) is 0. The number of carbonyl (C=O) groups is 1. The van der Waals surface area contributed by atoms with Crippen LogP contribution in [0, 0.1) is 5.41 Å². The maximum absolute atomic E-state index is 10.3. The molecule has 0 unspecified atom stereocenters. The monoisotopic (exact) mass is 135 g/mol. The molecule has 0 aliphatic heterocycles. The van der Waals surface area contributed by atoms with Crippen molar-refractivity contribution in [1.29, 1.82) is 0 Å². The molecule has 0 bridgehead atoms. The van der Waals surface area contributed by atoms with Crippen LogP contribution < -0.4 is 5.73 Å². The molecule has 0 radical (unpaired) electrons. The molecule has 1 aliphatic rings. The highest BCUT2D eigenvalue weighted by Crippen LogP contribution is 2.44. The fourth-order valence-corrected chi connectivity index (χ4v) is 0.434. The Bertz CT molecular complexity index is 109. The van der Waals surface area contributed by atoms with Gasteiger partial charge in [0.1, 0.15) is 0 Å². The molecule has 3 heteroatoms. The van der Waals surface area contributed by atoms with Crippen LogP contribution >= 0.6 is 12.4 Å². The molecule has 2 N–H and O–H groups in total. The Morgan fingerprint density at radius 2 is 2.00 bits per heavy atom.